The molecule has 252 valence electrons. The second-order valence-corrected chi connectivity index (χ2v) is 12.2. The number of nitrogens with zero attached hydrogens (tertiary/aromatic N) is 3. The molecule has 0 unspecified atom stereocenters. The summed E-state index contributed by atoms with van der Waals surface area (Å²) in [7, 11) is 3.78. The smallest absolute Gasteiger partial charge is 0.336 e. The summed E-state index contributed by atoms with van der Waals surface area (Å²) < 4.78 is 10.7. The van der Waals surface area contributed by atoms with Crippen LogP contribution < -0.4 is 32.3 Å². The van der Waals surface area contributed by atoms with E-state index in [9.17, 15) is 24.3 Å². The highest BCUT2D eigenvalue weighted by Crippen LogP contribution is 2.24. The molecule has 1 aromatic heterocycles. The second-order valence-electron chi connectivity index (χ2n) is 12.2. The first-order valence-electron chi connectivity index (χ1n) is 15.0. The Labute approximate surface area is 269 Å². The van der Waals surface area contributed by atoms with E-state index in [0.29, 0.717) is 48.2 Å². The lowest BCUT2D eigenvalue weighted by atomic mass is 9.90. The van der Waals surface area contributed by atoms with Crippen LogP contribution in [0, 0.1) is 5.41 Å². The van der Waals surface area contributed by atoms with Gasteiger partial charge in [-0.25, -0.2) is 4.79 Å². The molecule has 14 nitrogen and oxygen atoms in total. The van der Waals surface area contributed by atoms with E-state index in [2.05, 4.69) is 26.0 Å². The number of benzene rings is 1. The molecule has 0 saturated heterocycles. The number of anilines is 1. The molecular formula is C32H47N7O7. The zero-order chi connectivity index (χ0) is 34.3. The maximum Gasteiger partial charge on any atom is 0.336 e. The van der Waals surface area contributed by atoms with Gasteiger partial charge in [0.05, 0.1) is 18.7 Å². The standard InChI is InChI=1S/C32H47N7O7/c1-31(2,21-45-32(3,4)44)19-29(42)37-15-11-27(40)36-14-10-23(38-33)20-34-12-7-13-35-28(41)16-22-17-30(43)46-26-18-24(39(5)6)8-9-25(22)26/h8-9,11,15,17-18,20,44H,7,10,12-14,16,19,21,33H2,1-6H3,(H,35,41)(H,36,40)(H,37,42)/b15-11+,34-20?,38-23?. The largest absolute Gasteiger partial charge is 0.423 e. The number of amides is 3. The van der Waals surface area contributed by atoms with Crippen molar-refractivity contribution >= 4 is 46.3 Å². The summed E-state index contributed by atoms with van der Waals surface area (Å²) in [4.78, 5) is 54.9. The van der Waals surface area contributed by atoms with E-state index in [1.54, 1.807) is 6.07 Å². The van der Waals surface area contributed by atoms with Gasteiger partial charge in [0.25, 0.3) is 0 Å². The highest BCUT2D eigenvalue weighted by molar-refractivity contribution is 6.30. The third-order valence-electron chi connectivity index (χ3n) is 6.49. The van der Waals surface area contributed by atoms with Crippen molar-refractivity contribution in [2.75, 3.05) is 45.2 Å². The molecule has 2 rings (SSSR count). The molecule has 0 spiro atoms. The molecule has 2 aromatic rings. The Morgan fingerprint density at radius 2 is 1.83 bits per heavy atom. The Morgan fingerprint density at radius 1 is 1.09 bits per heavy atom. The van der Waals surface area contributed by atoms with E-state index < -0.39 is 22.7 Å². The number of nitrogens with two attached hydrogens (primary N) is 1. The average molecular weight is 642 g/mol. The van der Waals surface area contributed by atoms with Gasteiger partial charge in [0.2, 0.25) is 17.7 Å². The van der Waals surface area contributed by atoms with Crippen LogP contribution in [0.2, 0.25) is 0 Å². The molecule has 3 amide bonds. The first kappa shape index (κ1) is 37.6. The van der Waals surface area contributed by atoms with E-state index in [4.69, 9.17) is 15.0 Å². The highest BCUT2D eigenvalue weighted by atomic mass is 16.6. The van der Waals surface area contributed by atoms with Gasteiger partial charge in [-0.05, 0) is 43.4 Å². The van der Waals surface area contributed by atoms with Crippen LogP contribution in [0.25, 0.3) is 11.0 Å². The van der Waals surface area contributed by atoms with Crippen molar-refractivity contribution in [1.82, 2.24) is 16.0 Å². The van der Waals surface area contributed by atoms with Crippen LogP contribution >= 0.6 is 0 Å². The fraction of sp³-hybridized carbons (Fsp3) is 0.500. The minimum absolute atomic E-state index is 0.0432. The predicted octanol–water partition coefficient (Wildman–Crippen LogP) is 1.59. The number of hydrogen-bond acceptors (Lipinski definition) is 11. The molecular weight excluding hydrogens is 594 g/mol. The Kier molecular flexibility index (Phi) is 14.6. The van der Waals surface area contributed by atoms with Gasteiger partial charge >= 0.3 is 5.63 Å². The third kappa shape index (κ3) is 14.5. The molecule has 1 heterocycles. The van der Waals surface area contributed by atoms with Crippen LogP contribution in [0.5, 0.6) is 0 Å². The molecule has 0 aliphatic rings. The molecule has 0 saturated carbocycles. The van der Waals surface area contributed by atoms with Gasteiger partial charge in [-0.3, -0.25) is 19.4 Å². The van der Waals surface area contributed by atoms with E-state index in [1.165, 1.54) is 38.4 Å². The zero-order valence-electron chi connectivity index (χ0n) is 27.5. The quantitative estimate of drug-likeness (QED) is 0.0305. The summed E-state index contributed by atoms with van der Waals surface area (Å²) in [6.45, 7) is 7.96. The molecule has 46 heavy (non-hydrogen) atoms. The number of carbonyl (C=O) groups is 3. The second kappa shape index (κ2) is 17.8. The Balaban J connectivity index is 1.67. The highest BCUT2D eigenvalue weighted by Gasteiger charge is 2.25. The topological polar surface area (TPSA) is 201 Å². The fourth-order valence-electron chi connectivity index (χ4n) is 4.10. The molecule has 0 aliphatic carbocycles. The molecule has 6 N–H and O–H groups in total. The van der Waals surface area contributed by atoms with Crippen LogP contribution in [-0.4, -0.2) is 80.9 Å². The van der Waals surface area contributed by atoms with Crippen LogP contribution in [0.1, 0.15) is 52.5 Å². The van der Waals surface area contributed by atoms with Gasteiger partial charge in [-0.2, -0.15) is 5.10 Å². The molecule has 0 radical (unpaired) electrons. The first-order chi connectivity index (χ1) is 21.6. The summed E-state index contributed by atoms with van der Waals surface area (Å²) in [5.41, 5.74) is 1.36. The number of nitrogens with one attached hydrogen (secondary N) is 3. The van der Waals surface area contributed by atoms with Crippen molar-refractivity contribution in [2.24, 2.45) is 21.4 Å². The lowest BCUT2D eigenvalue weighted by molar-refractivity contribution is -0.192. The molecule has 0 fully saturated rings. The van der Waals surface area contributed by atoms with E-state index in [0.717, 1.165) is 5.69 Å². The minimum atomic E-state index is -1.29. The predicted molar refractivity (Wildman–Crippen MR) is 179 cm³/mol. The lowest BCUT2D eigenvalue weighted by Crippen LogP contribution is -2.33. The number of hydrogen-bond donors (Lipinski definition) is 5. The Bertz CT molecular complexity index is 1490. The van der Waals surface area contributed by atoms with Gasteiger partial charge in [0, 0.05) is 88.3 Å². The molecule has 14 heteroatoms. The van der Waals surface area contributed by atoms with Gasteiger partial charge in [-0.15, -0.1) is 0 Å². The number of hydrazone groups is 1. The van der Waals surface area contributed by atoms with Gasteiger partial charge in [0.1, 0.15) is 5.58 Å². The lowest BCUT2D eigenvalue weighted by Gasteiger charge is -2.28. The number of carbonyl (C=O) groups excluding carboxylic acids is 3. The number of aliphatic hydroxyl groups is 1. The van der Waals surface area contributed by atoms with E-state index in [-0.39, 0.29) is 37.8 Å². The Morgan fingerprint density at radius 3 is 2.50 bits per heavy atom. The maximum atomic E-state index is 12.5. The zero-order valence-corrected chi connectivity index (χ0v) is 27.5. The van der Waals surface area contributed by atoms with Crippen molar-refractivity contribution in [1.29, 1.82) is 0 Å². The molecule has 1 aromatic carbocycles. The molecule has 0 atom stereocenters. The van der Waals surface area contributed by atoms with E-state index in [1.807, 2.05) is 45.0 Å². The number of aliphatic imine (C=N–C) groups is 1. The van der Waals surface area contributed by atoms with Crippen molar-refractivity contribution in [3.05, 3.63) is 52.5 Å². The third-order valence-corrected chi connectivity index (χ3v) is 6.49. The monoisotopic (exact) mass is 641 g/mol. The van der Waals surface area contributed by atoms with Crippen LogP contribution in [0.4, 0.5) is 5.69 Å². The summed E-state index contributed by atoms with van der Waals surface area (Å²) >= 11 is 0. The summed E-state index contributed by atoms with van der Waals surface area (Å²) in [6, 6.07) is 6.85. The van der Waals surface area contributed by atoms with Crippen molar-refractivity contribution < 1.29 is 28.6 Å². The summed E-state index contributed by atoms with van der Waals surface area (Å²) in [5, 5.41) is 22.1. The first-order valence-corrected chi connectivity index (χ1v) is 15.0. The van der Waals surface area contributed by atoms with Crippen molar-refractivity contribution in [3.63, 3.8) is 0 Å². The summed E-state index contributed by atoms with van der Waals surface area (Å²) in [5.74, 6) is 3.23. The van der Waals surface area contributed by atoms with Gasteiger partial charge in [-0.1, -0.05) is 13.8 Å². The SMILES string of the molecule is CN(C)c1ccc2c(CC(=O)NCCCN=CC(CCNC(=O)/C=C/NC(=O)CC(C)(C)COC(C)(C)O)=NN)cc(=O)oc2c1. The number of ether oxygens (including phenoxy) is 1. The van der Waals surface area contributed by atoms with E-state index >= 15 is 0 Å². The number of rotatable bonds is 18. The van der Waals surface area contributed by atoms with Gasteiger partial charge < -0.3 is 41.0 Å². The van der Waals surface area contributed by atoms with Crippen molar-refractivity contribution in [2.45, 2.75) is 59.2 Å². The molecule has 0 aliphatic heterocycles. The Hall–Kier alpha value is -4.56. The van der Waals surface area contributed by atoms with Crippen molar-refractivity contribution in [3.8, 4) is 0 Å². The minimum Gasteiger partial charge on any atom is -0.423 e. The maximum absolute atomic E-state index is 12.5. The molecule has 0 bridgehead atoms. The van der Waals surface area contributed by atoms with Crippen LogP contribution in [0.15, 0.2) is 55.8 Å². The average Bonchev–Trinajstić information content (AvgIpc) is 2.95. The van der Waals surface area contributed by atoms with Gasteiger partial charge in [0.15, 0.2) is 5.79 Å². The number of fused-ring (bicyclic) bond motifs is 1. The van der Waals surface area contributed by atoms with Crippen LogP contribution in [0.3, 0.4) is 0 Å². The normalized spacial score (nSPS) is 12.5. The fourth-order valence-corrected chi connectivity index (χ4v) is 4.10. The van der Waals surface area contributed by atoms with Crippen LogP contribution in [-0.2, 0) is 25.5 Å². The summed E-state index contributed by atoms with van der Waals surface area (Å²) in [6.07, 6.45) is 5.08.